The van der Waals surface area contributed by atoms with E-state index in [1.807, 2.05) is 0 Å². The first-order valence-electron chi connectivity index (χ1n) is 6.90. The minimum atomic E-state index is -0.710. The van der Waals surface area contributed by atoms with E-state index in [-0.39, 0.29) is 29.0 Å². The number of carbonyl (C=O) groups is 3. The van der Waals surface area contributed by atoms with Gasteiger partial charge in [0.25, 0.3) is 5.91 Å². The lowest BCUT2D eigenvalue weighted by Crippen LogP contribution is -2.28. The van der Waals surface area contributed by atoms with Gasteiger partial charge in [0, 0.05) is 5.56 Å². The van der Waals surface area contributed by atoms with E-state index >= 15 is 0 Å². The van der Waals surface area contributed by atoms with E-state index in [1.54, 1.807) is 24.3 Å². The Morgan fingerprint density at radius 1 is 1.00 bits per heavy atom. The first-order chi connectivity index (χ1) is 10.9. The van der Waals surface area contributed by atoms with Crippen molar-refractivity contribution in [2.75, 3.05) is 5.06 Å². The molecule has 3 N–H and O–H groups in total. The maximum Gasteiger partial charge on any atom is 0.282 e. The van der Waals surface area contributed by atoms with E-state index in [2.05, 4.69) is 0 Å². The quantitative estimate of drug-likeness (QED) is 0.500. The molecule has 2 amide bonds. The zero-order chi connectivity index (χ0) is 17.0. The van der Waals surface area contributed by atoms with Crippen LogP contribution in [0, 0.1) is 0 Å². The van der Waals surface area contributed by atoms with E-state index in [1.165, 1.54) is 31.2 Å². The average Bonchev–Trinajstić information content (AvgIpc) is 2.53. The Morgan fingerprint density at radius 3 is 2.09 bits per heavy atom. The van der Waals surface area contributed by atoms with Crippen molar-refractivity contribution in [2.45, 2.75) is 13.3 Å². The van der Waals surface area contributed by atoms with Gasteiger partial charge in [-0.15, -0.1) is 0 Å². The molecule has 2 aromatic carbocycles. The molecule has 0 spiro atoms. The molecule has 0 bridgehead atoms. The zero-order valence-electron chi connectivity index (χ0n) is 12.5. The normalized spacial score (nSPS) is 10.2. The Kier molecular flexibility index (Phi) is 4.88. The fraction of sp³-hybridized carbons (Fsp3) is 0.118. The maximum absolute atomic E-state index is 12.4. The van der Waals surface area contributed by atoms with Gasteiger partial charge in [-0.05, 0) is 30.7 Å². The summed E-state index contributed by atoms with van der Waals surface area (Å²) in [4.78, 5) is 34.8. The molecule has 6 heteroatoms. The molecule has 0 aromatic heterocycles. The number of ketones is 1. The van der Waals surface area contributed by atoms with Crippen molar-refractivity contribution < 1.29 is 19.6 Å². The van der Waals surface area contributed by atoms with Crippen molar-refractivity contribution in [1.82, 2.24) is 0 Å². The van der Waals surface area contributed by atoms with Crippen LogP contribution in [0.15, 0.2) is 48.5 Å². The second kappa shape index (κ2) is 6.85. The molecule has 0 unspecified atom stereocenters. The highest BCUT2D eigenvalue weighted by Gasteiger charge is 2.20. The third-order valence-corrected chi connectivity index (χ3v) is 3.29. The predicted octanol–water partition coefficient (Wildman–Crippen LogP) is 1.95. The number of Topliss-reactive ketones (excluding diaryl/α,β-unsaturated/α-hetero) is 1. The number of amides is 2. The van der Waals surface area contributed by atoms with Crippen LogP contribution in [0.2, 0.25) is 0 Å². The first kappa shape index (κ1) is 16.4. The van der Waals surface area contributed by atoms with Crippen LogP contribution < -0.4 is 10.8 Å². The SMILES string of the molecule is CC(=O)c1ccccc1C(=O)N(O)c1ccc(CC(N)=O)cc1. The second-order valence-electron chi connectivity index (χ2n) is 5.03. The summed E-state index contributed by atoms with van der Waals surface area (Å²) in [6.07, 6.45) is 0.0762. The van der Waals surface area contributed by atoms with Crippen LogP contribution in [0.4, 0.5) is 5.69 Å². The van der Waals surface area contributed by atoms with E-state index in [4.69, 9.17) is 5.73 Å². The molecule has 118 valence electrons. The van der Waals surface area contributed by atoms with Gasteiger partial charge in [0.15, 0.2) is 5.78 Å². The number of rotatable bonds is 5. The van der Waals surface area contributed by atoms with E-state index in [9.17, 15) is 19.6 Å². The number of hydrogen-bond acceptors (Lipinski definition) is 4. The molecular formula is C17H16N2O4. The van der Waals surface area contributed by atoms with Gasteiger partial charge in [0.05, 0.1) is 17.7 Å². The second-order valence-corrected chi connectivity index (χ2v) is 5.03. The zero-order valence-corrected chi connectivity index (χ0v) is 12.5. The van der Waals surface area contributed by atoms with Gasteiger partial charge in [-0.2, -0.15) is 5.06 Å². The summed E-state index contributed by atoms with van der Waals surface area (Å²) in [6.45, 7) is 1.35. The summed E-state index contributed by atoms with van der Waals surface area (Å²) in [5.41, 5.74) is 6.36. The van der Waals surface area contributed by atoms with Crippen LogP contribution in [0.1, 0.15) is 33.2 Å². The molecule has 0 saturated carbocycles. The van der Waals surface area contributed by atoms with Crippen LogP contribution in [0.25, 0.3) is 0 Å². The van der Waals surface area contributed by atoms with E-state index in [0.29, 0.717) is 10.6 Å². The van der Waals surface area contributed by atoms with Crippen LogP contribution in [-0.2, 0) is 11.2 Å². The van der Waals surface area contributed by atoms with Crippen LogP contribution in [0.5, 0.6) is 0 Å². The van der Waals surface area contributed by atoms with Gasteiger partial charge < -0.3 is 5.73 Å². The Morgan fingerprint density at radius 2 is 1.57 bits per heavy atom. The lowest BCUT2D eigenvalue weighted by atomic mass is 10.0. The van der Waals surface area contributed by atoms with E-state index < -0.39 is 11.8 Å². The summed E-state index contributed by atoms with van der Waals surface area (Å²) >= 11 is 0. The molecule has 0 fully saturated rings. The van der Waals surface area contributed by atoms with Crippen molar-refractivity contribution in [2.24, 2.45) is 5.73 Å². The molecule has 0 aliphatic carbocycles. The van der Waals surface area contributed by atoms with Crippen molar-refractivity contribution in [3.8, 4) is 0 Å². The van der Waals surface area contributed by atoms with Crippen LogP contribution in [-0.4, -0.2) is 22.8 Å². The summed E-state index contributed by atoms with van der Waals surface area (Å²) < 4.78 is 0. The summed E-state index contributed by atoms with van der Waals surface area (Å²) in [5, 5.41) is 10.6. The smallest absolute Gasteiger partial charge is 0.282 e. The van der Waals surface area contributed by atoms with Gasteiger partial charge in [0.2, 0.25) is 5.91 Å². The summed E-state index contributed by atoms with van der Waals surface area (Å²) in [6, 6.07) is 12.4. The fourth-order valence-corrected chi connectivity index (χ4v) is 2.16. The maximum atomic E-state index is 12.4. The van der Waals surface area contributed by atoms with Crippen LogP contribution >= 0.6 is 0 Å². The Hall–Kier alpha value is -2.99. The molecule has 23 heavy (non-hydrogen) atoms. The van der Waals surface area contributed by atoms with Gasteiger partial charge >= 0.3 is 0 Å². The molecule has 0 heterocycles. The highest BCUT2D eigenvalue weighted by atomic mass is 16.5. The Balaban J connectivity index is 2.26. The topological polar surface area (TPSA) is 101 Å². The molecular weight excluding hydrogens is 296 g/mol. The number of nitrogens with two attached hydrogens (primary N) is 1. The Labute approximate surface area is 133 Å². The molecule has 0 aliphatic heterocycles. The lowest BCUT2D eigenvalue weighted by Gasteiger charge is -2.16. The largest absolute Gasteiger partial charge is 0.369 e. The van der Waals surface area contributed by atoms with Crippen molar-refractivity contribution in [3.63, 3.8) is 0 Å². The molecule has 0 saturated heterocycles. The third-order valence-electron chi connectivity index (χ3n) is 3.29. The minimum absolute atomic E-state index is 0.0762. The van der Waals surface area contributed by atoms with Crippen LogP contribution in [0.3, 0.4) is 0 Å². The van der Waals surface area contributed by atoms with E-state index in [0.717, 1.165) is 0 Å². The van der Waals surface area contributed by atoms with Gasteiger partial charge in [-0.1, -0.05) is 30.3 Å². The van der Waals surface area contributed by atoms with Gasteiger partial charge in [0.1, 0.15) is 0 Å². The predicted molar refractivity (Wildman–Crippen MR) is 84.4 cm³/mol. The summed E-state index contributed by atoms with van der Waals surface area (Å²) in [7, 11) is 0. The third kappa shape index (κ3) is 3.81. The minimum Gasteiger partial charge on any atom is -0.369 e. The molecule has 2 rings (SSSR count). The van der Waals surface area contributed by atoms with Crippen molar-refractivity contribution in [3.05, 3.63) is 65.2 Å². The first-order valence-corrected chi connectivity index (χ1v) is 6.90. The highest BCUT2D eigenvalue weighted by molar-refractivity contribution is 6.12. The number of benzene rings is 2. The molecule has 2 aromatic rings. The number of hydrogen-bond donors (Lipinski definition) is 2. The molecule has 0 aliphatic rings. The molecule has 0 radical (unpaired) electrons. The number of nitrogens with zero attached hydrogens (tertiary/aromatic N) is 1. The fourth-order valence-electron chi connectivity index (χ4n) is 2.16. The number of anilines is 1. The average molecular weight is 312 g/mol. The number of carbonyl (C=O) groups excluding carboxylic acids is 3. The lowest BCUT2D eigenvalue weighted by molar-refractivity contribution is -0.117. The van der Waals surface area contributed by atoms with Gasteiger partial charge in [-0.3, -0.25) is 19.6 Å². The van der Waals surface area contributed by atoms with Crippen molar-refractivity contribution >= 4 is 23.3 Å². The molecule has 0 atom stereocenters. The highest BCUT2D eigenvalue weighted by Crippen LogP contribution is 2.19. The summed E-state index contributed by atoms with van der Waals surface area (Å²) in [5.74, 6) is -1.44. The number of hydroxylamine groups is 1. The molecule has 6 nitrogen and oxygen atoms in total. The van der Waals surface area contributed by atoms with Gasteiger partial charge in [-0.25, -0.2) is 0 Å². The number of primary amides is 1. The monoisotopic (exact) mass is 312 g/mol. The van der Waals surface area contributed by atoms with Crippen molar-refractivity contribution in [1.29, 1.82) is 0 Å². The Bertz CT molecular complexity index is 753. The standard InChI is InChI=1S/C17H16N2O4/c1-11(20)14-4-2-3-5-15(14)17(22)19(23)13-8-6-12(7-9-13)10-16(18)21/h2-9,23H,10H2,1H3,(H2,18,21).